The van der Waals surface area contributed by atoms with Gasteiger partial charge in [0, 0.05) is 6.42 Å². The number of benzene rings is 1. The normalized spacial score (nSPS) is 11.1. The topological polar surface area (TPSA) is 65.0 Å². The van der Waals surface area contributed by atoms with Crippen molar-refractivity contribution in [1.82, 2.24) is 0 Å². The highest BCUT2D eigenvalue weighted by molar-refractivity contribution is 5.89. The first-order valence-corrected chi connectivity index (χ1v) is 5.97. The van der Waals surface area contributed by atoms with Crippen LogP contribution in [0.5, 0.6) is 17.2 Å². The second-order valence-corrected chi connectivity index (χ2v) is 4.08. The molecule has 0 amide bonds. The lowest BCUT2D eigenvalue weighted by atomic mass is 10.2. The molecule has 1 rings (SSSR count). The summed E-state index contributed by atoms with van der Waals surface area (Å²) in [6, 6.07) is 2.42. The van der Waals surface area contributed by atoms with Gasteiger partial charge in [-0.2, -0.15) is 13.2 Å². The monoisotopic (exact) mass is 308 g/mol. The highest BCUT2D eigenvalue weighted by Crippen LogP contribution is 2.38. The minimum absolute atomic E-state index is 0.0761. The molecule has 0 fully saturated rings. The summed E-state index contributed by atoms with van der Waals surface area (Å²) in [7, 11) is 2.59. The zero-order valence-corrected chi connectivity index (χ0v) is 11.5. The molecule has 0 heterocycles. The van der Waals surface area contributed by atoms with Crippen molar-refractivity contribution in [2.24, 2.45) is 0 Å². The van der Waals surface area contributed by atoms with Crippen molar-refractivity contribution in [2.45, 2.75) is 19.0 Å². The highest BCUT2D eigenvalue weighted by atomic mass is 19.4. The maximum Gasteiger partial charge on any atom is 0.389 e. The number of methoxy groups -OCH3 is 2. The molecule has 1 N–H and O–H groups in total. The molecule has 1 aromatic carbocycles. The number of ether oxygens (including phenoxy) is 3. The van der Waals surface area contributed by atoms with Crippen LogP contribution in [0.4, 0.5) is 13.2 Å². The third-order valence-electron chi connectivity index (χ3n) is 2.56. The van der Waals surface area contributed by atoms with E-state index in [1.807, 2.05) is 0 Å². The maximum absolute atomic E-state index is 12.0. The van der Waals surface area contributed by atoms with Crippen LogP contribution in [0.1, 0.15) is 23.2 Å². The minimum Gasteiger partial charge on any atom is -0.493 e. The Kier molecular flexibility index (Phi) is 5.69. The predicted molar refractivity (Wildman–Crippen MR) is 67.3 cm³/mol. The van der Waals surface area contributed by atoms with Gasteiger partial charge in [0.1, 0.15) is 0 Å². The number of rotatable bonds is 7. The van der Waals surface area contributed by atoms with E-state index < -0.39 is 18.6 Å². The Balaban J connectivity index is 2.87. The molecule has 21 heavy (non-hydrogen) atoms. The SMILES string of the molecule is COc1cc(C(=O)O)cc(OC)c1OCCCC(F)(F)F. The zero-order valence-electron chi connectivity index (χ0n) is 11.5. The number of halogens is 3. The van der Waals surface area contributed by atoms with E-state index in [9.17, 15) is 18.0 Å². The van der Waals surface area contributed by atoms with Crippen molar-refractivity contribution < 1.29 is 37.3 Å². The first-order valence-electron chi connectivity index (χ1n) is 5.97. The molecule has 0 saturated heterocycles. The molecule has 0 unspecified atom stereocenters. The van der Waals surface area contributed by atoms with Crippen molar-refractivity contribution >= 4 is 5.97 Å². The van der Waals surface area contributed by atoms with E-state index in [1.54, 1.807) is 0 Å². The van der Waals surface area contributed by atoms with Crippen molar-refractivity contribution in [1.29, 1.82) is 0 Å². The van der Waals surface area contributed by atoms with Gasteiger partial charge < -0.3 is 19.3 Å². The van der Waals surface area contributed by atoms with E-state index in [2.05, 4.69) is 0 Å². The Morgan fingerprint density at radius 2 is 1.71 bits per heavy atom. The van der Waals surface area contributed by atoms with Crippen LogP contribution < -0.4 is 14.2 Å². The fourth-order valence-corrected chi connectivity index (χ4v) is 1.59. The van der Waals surface area contributed by atoms with Gasteiger partial charge in [-0.05, 0) is 18.6 Å². The smallest absolute Gasteiger partial charge is 0.389 e. The zero-order chi connectivity index (χ0) is 16.0. The maximum atomic E-state index is 12.0. The Labute approximate surface area is 119 Å². The van der Waals surface area contributed by atoms with Gasteiger partial charge in [-0.3, -0.25) is 0 Å². The van der Waals surface area contributed by atoms with E-state index in [4.69, 9.17) is 19.3 Å². The van der Waals surface area contributed by atoms with Crippen molar-refractivity contribution in [3.63, 3.8) is 0 Å². The number of alkyl halides is 3. The molecule has 5 nitrogen and oxygen atoms in total. The summed E-state index contributed by atoms with van der Waals surface area (Å²) < 4.78 is 51.3. The molecule has 8 heteroatoms. The van der Waals surface area contributed by atoms with Crippen LogP contribution in [-0.4, -0.2) is 38.1 Å². The van der Waals surface area contributed by atoms with E-state index >= 15 is 0 Å². The molecule has 0 atom stereocenters. The molecule has 0 aliphatic rings. The van der Waals surface area contributed by atoms with Crippen molar-refractivity contribution in [3.8, 4) is 17.2 Å². The molecule has 0 saturated carbocycles. The highest BCUT2D eigenvalue weighted by Gasteiger charge is 2.26. The quantitative estimate of drug-likeness (QED) is 0.784. The Morgan fingerprint density at radius 3 is 2.10 bits per heavy atom. The molecular formula is C13H15F3O5. The molecule has 0 radical (unpaired) electrons. The number of hydrogen-bond donors (Lipinski definition) is 1. The summed E-state index contributed by atoms with van der Waals surface area (Å²) in [5.74, 6) is -0.945. The number of carboxylic acid groups (broad SMARTS) is 1. The summed E-state index contributed by atoms with van der Waals surface area (Å²) in [6.45, 7) is -0.196. The van der Waals surface area contributed by atoms with Gasteiger partial charge in [-0.15, -0.1) is 0 Å². The Hall–Kier alpha value is -2.12. The molecule has 0 aliphatic carbocycles. The second kappa shape index (κ2) is 7.05. The first-order chi connectivity index (χ1) is 9.78. The van der Waals surface area contributed by atoms with E-state index in [-0.39, 0.29) is 35.8 Å². The minimum atomic E-state index is -4.25. The average molecular weight is 308 g/mol. The van der Waals surface area contributed by atoms with Crippen LogP contribution in [0.3, 0.4) is 0 Å². The van der Waals surface area contributed by atoms with Gasteiger partial charge in [0.2, 0.25) is 5.75 Å². The van der Waals surface area contributed by atoms with Crippen LogP contribution in [0.25, 0.3) is 0 Å². The first kappa shape index (κ1) is 16.9. The molecule has 1 aromatic rings. The molecule has 0 spiro atoms. The van der Waals surface area contributed by atoms with Crippen molar-refractivity contribution in [3.05, 3.63) is 17.7 Å². The Bertz CT molecular complexity index is 474. The van der Waals surface area contributed by atoms with Crippen LogP contribution in [0.2, 0.25) is 0 Å². The van der Waals surface area contributed by atoms with E-state index in [1.165, 1.54) is 26.4 Å². The fraction of sp³-hybridized carbons (Fsp3) is 0.462. The summed E-state index contributed by atoms with van der Waals surface area (Å²) in [4.78, 5) is 10.9. The third-order valence-corrected chi connectivity index (χ3v) is 2.56. The number of carbonyl (C=O) groups is 1. The lowest BCUT2D eigenvalue weighted by Crippen LogP contribution is -2.10. The standard InChI is InChI=1S/C13H15F3O5/c1-19-9-6-8(12(17)18)7-10(20-2)11(9)21-5-3-4-13(14,15)16/h6-7H,3-5H2,1-2H3,(H,17,18). The number of hydrogen-bond acceptors (Lipinski definition) is 4. The number of carboxylic acids is 1. The van der Waals surface area contributed by atoms with Gasteiger partial charge in [0.15, 0.2) is 11.5 Å². The van der Waals surface area contributed by atoms with Gasteiger partial charge in [-0.1, -0.05) is 0 Å². The largest absolute Gasteiger partial charge is 0.493 e. The van der Waals surface area contributed by atoms with Gasteiger partial charge in [0.05, 0.1) is 26.4 Å². The van der Waals surface area contributed by atoms with E-state index in [0.29, 0.717) is 0 Å². The van der Waals surface area contributed by atoms with Crippen LogP contribution >= 0.6 is 0 Å². The molecule has 0 bridgehead atoms. The predicted octanol–water partition coefficient (Wildman–Crippen LogP) is 3.12. The van der Waals surface area contributed by atoms with Gasteiger partial charge in [-0.25, -0.2) is 4.79 Å². The van der Waals surface area contributed by atoms with Crippen LogP contribution in [0, 0.1) is 0 Å². The Morgan fingerprint density at radius 1 is 1.19 bits per heavy atom. The van der Waals surface area contributed by atoms with E-state index in [0.717, 1.165) is 0 Å². The lowest BCUT2D eigenvalue weighted by Gasteiger charge is -2.15. The summed E-state index contributed by atoms with van der Waals surface area (Å²) in [5, 5.41) is 8.94. The number of aromatic carboxylic acids is 1. The summed E-state index contributed by atoms with van der Waals surface area (Å²) >= 11 is 0. The van der Waals surface area contributed by atoms with Crippen LogP contribution in [0.15, 0.2) is 12.1 Å². The molecule has 118 valence electrons. The van der Waals surface area contributed by atoms with Gasteiger partial charge >= 0.3 is 12.1 Å². The molecule has 0 aliphatic heterocycles. The fourth-order valence-electron chi connectivity index (χ4n) is 1.59. The van der Waals surface area contributed by atoms with Crippen LogP contribution in [-0.2, 0) is 0 Å². The molecule has 0 aromatic heterocycles. The summed E-state index contributed by atoms with van der Waals surface area (Å²) in [6.07, 6.45) is -5.44. The third kappa shape index (κ3) is 5.05. The lowest BCUT2D eigenvalue weighted by molar-refractivity contribution is -0.136. The molecular weight excluding hydrogens is 293 g/mol. The second-order valence-electron chi connectivity index (χ2n) is 4.08. The summed E-state index contributed by atoms with van der Waals surface area (Å²) in [5.41, 5.74) is -0.0775. The van der Waals surface area contributed by atoms with Crippen molar-refractivity contribution in [2.75, 3.05) is 20.8 Å². The average Bonchev–Trinajstić information content (AvgIpc) is 2.41. The van der Waals surface area contributed by atoms with Gasteiger partial charge in [0.25, 0.3) is 0 Å².